The lowest BCUT2D eigenvalue weighted by atomic mass is 10.0. The van der Waals surface area contributed by atoms with Crippen molar-refractivity contribution in [1.29, 1.82) is 0 Å². The third-order valence-electron chi connectivity index (χ3n) is 5.74. The summed E-state index contributed by atoms with van der Waals surface area (Å²) in [6.45, 7) is 0.726. The fourth-order valence-corrected chi connectivity index (χ4v) is 4.21. The topological polar surface area (TPSA) is 71.9 Å². The van der Waals surface area contributed by atoms with E-state index in [1.54, 1.807) is 21.3 Å². The average Bonchev–Trinajstić information content (AvgIpc) is 3.27. The van der Waals surface area contributed by atoms with Gasteiger partial charge in [0.05, 0.1) is 33.6 Å². The number of hydrogen-bond acceptors (Lipinski definition) is 7. The first-order valence-corrected chi connectivity index (χ1v) is 10.3. The summed E-state index contributed by atoms with van der Waals surface area (Å²) >= 11 is 0. The van der Waals surface area contributed by atoms with E-state index in [0.29, 0.717) is 23.7 Å². The summed E-state index contributed by atoms with van der Waals surface area (Å²) in [7, 11) is 4.81. The van der Waals surface area contributed by atoms with Crippen molar-refractivity contribution in [3.8, 4) is 40.0 Å². The summed E-state index contributed by atoms with van der Waals surface area (Å²) in [6, 6.07) is 7.97. The highest BCUT2D eigenvalue weighted by Crippen LogP contribution is 2.46. The molecule has 1 aromatic carbocycles. The number of nitrogens with zero attached hydrogens (tertiary/aromatic N) is 2. The summed E-state index contributed by atoms with van der Waals surface area (Å²) in [5.74, 6) is 3.29. The number of fused-ring (bicyclic) bond motifs is 2. The Morgan fingerprint density at radius 1 is 1.00 bits per heavy atom. The Morgan fingerprint density at radius 3 is 2.55 bits per heavy atom. The number of rotatable bonds is 5. The van der Waals surface area contributed by atoms with E-state index in [1.807, 2.05) is 30.6 Å². The second-order valence-electron chi connectivity index (χ2n) is 7.54. The zero-order valence-electron chi connectivity index (χ0n) is 17.8. The maximum Gasteiger partial charge on any atom is 0.216 e. The molecule has 2 aliphatic heterocycles. The Hall–Kier alpha value is -3.48. The molecule has 0 radical (unpaired) electrons. The van der Waals surface area contributed by atoms with Gasteiger partial charge in [0.25, 0.3) is 0 Å². The highest BCUT2D eigenvalue weighted by atomic mass is 16.5. The molecule has 0 saturated heterocycles. The lowest BCUT2D eigenvalue weighted by Crippen LogP contribution is -2.09. The second kappa shape index (κ2) is 7.98. The van der Waals surface area contributed by atoms with Crippen LogP contribution in [0.2, 0.25) is 0 Å². The minimum absolute atomic E-state index is 0.203. The molecule has 0 saturated carbocycles. The second-order valence-corrected chi connectivity index (χ2v) is 7.54. The van der Waals surface area contributed by atoms with Crippen molar-refractivity contribution < 1.29 is 23.7 Å². The fourth-order valence-electron chi connectivity index (χ4n) is 4.21. The zero-order chi connectivity index (χ0) is 21.4. The molecule has 0 bridgehead atoms. The first kappa shape index (κ1) is 19.5. The smallest absolute Gasteiger partial charge is 0.216 e. The molecule has 2 aliphatic rings. The van der Waals surface area contributed by atoms with Crippen molar-refractivity contribution >= 4 is 0 Å². The quantitative estimate of drug-likeness (QED) is 0.613. The summed E-state index contributed by atoms with van der Waals surface area (Å²) in [4.78, 5) is 9.09. The van der Waals surface area contributed by atoms with Gasteiger partial charge in [0, 0.05) is 41.1 Å². The Labute approximate surface area is 180 Å². The van der Waals surface area contributed by atoms with Gasteiger partial charge in [-0.25, -0.2) is 4.98 Å². The van der Waals surface area contributed by atoms with Gasteiger partial charge in [0.2, 0.25) is 11.6 Å². The first-order chi connectivity index (χ1) is 15.2. The third-order valence-corrected chi connectivity index (χ3v) is 5.74. The van der Waals surface area contributed by atoms with Crippen LogP contribution in [0.4, 0.5) is 0 Å². The SMILES string of the molecule is COc1cc(C2Cc3nccc(-c4cnc5c(c4)CCCO5)c3O2)cc(OC)c1OC. The number of aryl methyl sites for hydroxylation is 1. The first-order valence-electron chi connectivity index (χ1n) is 10.3. The van der Waals surface area contributed by atoms with Gasteiger partial charge in [0.1, 0.15) is 11.9 Å². The Morgan fingerprint density at radius 2 is 1.81 bits per heavy atom. The molecular formula is C24H24N2O5. The monoisotopic (exact) mass is 420 g/mol. The Kier molecular flexibility index (Phi) is 5.02. The van der Waals surface area contributed by atoms with Crippen molar-refractivity contribution in [2.24, 2.45) is 0 Å². The van der Waals surface area contributed by atoms with Crippen molar-refractivity contribution in [2.75, 3.05) is 27.9 Å². The number of hydrogen-bond donors (Lipinski definition) is 0. The largest absolute Gasteiger partial charge is 0.493 e. The van der Waals surface area contributed by atoms with Crippen molar-refractivity contribution in [1.82, 2.24) is 9.97 Å². The van der Waals surface area contributed by atoms with E-state index in [4.69, 9.17) is 23.7 Å². The van der Waals surface area contributed by atoms with Gasteiger partial charge in [-0.1, -0.05) is 0 Å². The fraction of sp³-hybridized carbons (Fsp3) is 0.333. The summed E-state index contributed by atoms with van der Waals surface area (Å²) in [5, 5.41) is 0. The molecule has 160 valence electrons. The highest BCUT2D eigenvalue weighted by Gasteiger charge is 2.30. The molecular weight excluding hydrogens is 396 g/mol. The number of ether oxygens (including phenoxy) is 5. The van der Waals surface area contributed by atoms with Crippen LogP contribution in [0.1, 0.15) is 29.3 Å². The van der Waals surface area contributed by atoms with E-state index in [-0.39, 0.29) is 6.10 Å². The molecule has 0 amide bonds. The Balaban J connectivity index is 1.50. The summed E-state index contributed by atoms with van der Waals surface area (Å²) in [6.07, 6.45) is 6.10. The van der Waals surface area contributed by atoms with Crippen LogP contribution in [0, 0.1) is 0 Å². The van der Waals surface area contributed by atoms with Crippen molar-refractivity contribution in [3.05, 3.63) is 53.5 Å². The number of aromatic nitrogens is 2. The van der Waals surface area contributed by atoms with Crippen LogP contribution in [-0.2, 0) is 12.8 Å². The van der Waals surface area contributed by atoms with Crippen LogP contribution in [0.3, 0.4) is 0 Å². The molecule has 5 rings (SSSR count). The van der Waals surface area contributed by atoms with E-state index in [9.17, 15) is 0 Å². The van der Waals surface area contributed by atoms with Crippen molar-refractivity contribution in [3.63, 3.8) is 0 Å². The van der Waals surface area contributed by atoms with Crippen LogP contribution in [0.5, 0.6) is 28.9 Å². The molecule has 0 fully saturated rings. The number of pyridine rings is 2. The zero-order valence-corrected chi connectivity index (χ0v) is 17.8. The molecule has 0 N–H and O–H groups in total. The van der Waals surface area contributed by atoms with Crippen LogP contribution >= 0.6 is 0 Å². The maximum absolute atomic E-state index is 6.42. The van der Waals surface area contributed by atoms with E-state index in [1.165, 1.54) is 0 Å². The molecule has 1 unspecified atom stereocenters. The lowest BCUT2D eigenvalue weighted by molar-refractivity contribution is 0.237. The molecule has 4 heterocycles. The average molecular weight is 420 g/mol. The molecule has 0 aliphatic carbocycles. The van der Waals surface area contributed by atoms with Crippen LogP contribution in [-0.4, -0.2) is 37.9 Å². The van der Waals surface area contributed by atoms with Gasteiger partial charge >= 0.3 is 0 Å². The van der Waals surface area contributed by atoms with Gasteiger partial charge < -0.3 is 23.7 Å². The summed E-state index contributed by atoms with van der Waals surface area (Å²) < 4.78 is 28.5. The minimum atomic E-state index is -0.203. The van der Waals surface area contributed by atoms with E-state index >= 15 is 0 Å². The third kappa shape index (κ3) is 3.40. The van der Waals surface area contributed by atoms with Crippen LogP contribution < -0.4 is 23.7 Å². The molecule has 7 nitrogen and oxygen atoms in total. The highest BCUT2D eigenvalue weighted by molar-refractivity contribution is 5.72. The number of benzene rings is 1. The summed E-state index contributed by atoms with van der Waals surface area (Å²) in [5.41, 5.74) is 4.99. The molecule has 1 atom stereocenters. The van der Waals surface area contributed by atoms with Gasteiger partial charge in [-0.05, 0) is 37.1 Å². The molecule has 7 heteroatoms. The Bertz CT molecular complexity index is 1110. The van der Waals surface area contributed by atoms with Crippen LogP contribution in [0.15, 0.2) is 36.7 Å². The van der Waals surface area contributed by atoms with Crippen molar-refractivity contribution in [2.45, 2.75) is 25.4 Å². The van der Waals surface area contributed by atoms with Gasteiger partial charge in [-0.3, -0.25) is 4.98 Å². The van der Waals surface area contributed by atoms with Gasteiger partial charge in [-0.15, -0.1) is 0 Å². The van der Waals surface area contributed by atoms with E-state index in [0.717, 1.165) is 59.0 Å². The van der Waals surface area contributed by atoms with E-state index in [2.05, 4.69) is 16.0 Å². The lowest BCUT2D eigenvalue weighted by Gasteiger charge is -2.18. The molecule has 3 aromatic rings. The standard InChI is InChI=1S/C24H24N2O5/c1-27-20-10-15(11-21(28-2)23(20)29-3)19-12-18-22(31-19)17(6-7-25-18)16-9-14-5-4-8-30-24(14)26-13-16/h6-7,9-11,13,19H,4-5,8,12H2,1-3H3. The van der Waals surface area contributed by atoms with Crippen LogP contribution in [0.25, 0.3) is 11.1 Å². The predicted molar refractivity (Wildman–Crippen MR) is 114 cm³/mol. The van der Waals surface area contributed by atoms with E-state index < -0.39 is 0 Å². The molecule has 0 spiro atoms. The number of methoxy groups -OCH3 is 3. The molecule has 31 heavy (non-hydrogen) atoms. The van der Waals surface area contributed by atoms with Gasteiger partial charge in [-0.2, -0.15) is 0 Å². The minimum Gasteiger partial charge on any atom is -0.493 e. The molecule has 2 aromatic heterocycles. The maximum atomic E-state index is 6.42. The predicted octanol–water partition coefficient (Wildman–Crippen LogP) is 4.17. The normalized spacial score (nSPS) is 16.5. The van der Waals surface area contributed by atoms with Gasteiger partial charge in [0.15, 0.2) is 11.5 Å².